The normalized spacial score (nSPS) is 33.0. The molecule has 312 valence electrons. The van der Waals surface area contributed by atoms with Gasteiger partial charge in [-0.2, -0.15) is 0 Å². The van der Waals surface area contributed by atoms with Crippen molar-refractivity contribution in [3.05, 3.63) is 119 Å². The number of fused-ring (bicyclic) bond motifs is 5. The lowest BCUT2D eigenvalue weighted by atomic mass is 9.43. The van der Waals surface area contributed by atoms with Gasteiger partial charge in [0.05, 0.1) is 35.6 Å². The molecule has 3 aromatic carbocycles. The molecule has 3 aliphatic carbocycles. The molecule has 1 heterocycles. The first kappa shape index (κ1) is 41.9. The molecule has 2 saturated carbocycles. The van der Waals surface area contributed by atoms with Crippen molar-refractivity contribution in [1.82, 2.24) is 5.32 Å². The Morgan fingerprint density at radius 2 is 1.46 bits per heavy atom. The maximum absolute atomic E-state index is 15.2. The van der Waals surface area contributed by atoms with Crippen LogP contribution in [-0.4, -0.2) is 93.2 Å². The second kappa shape index (κ2) is 15.4. The lowest BCUT2D eigenvalue weighted by Gasteiger charge is -2.67. The van der Waals surface area contributed by atoms with E-state index in [-0.39, 0.29) is 18.6 Å². The van der Waals surface area contributed by atoms with Crippen LogP contribution in [0.3, 0.4) is 0 Å². The van der Waals surface area contributed by atoms with Crippen LogP contribution < -0.4 is 5.32 Å². The smallest absolute Gasteiger partial charge is 0.338 e. The Hall–Kier alpha value is -5.21. The number of amides is 1. The van der Waals surface area contributed by atoms with Crippen LogP contribution >= 0.6 is 0 Å². The fraction of sp³-hybridized carbons (Fsp3) is 0.457. The van der Waals surface area contributed by atoms with E-state index in [1.54, 1.807) is 113 Å². The standard InChI is InChI=1S/C46H51NO12/c1-25-31(57-42(54)36(50)35(28-16-10-7-11-17-28)47-40(52)29-18-12-8-13-19-29)23-46(55)39(58-41(53)30-20-14-9-15-21-30)37-44(6,38(51)26(2)34(25)43(46,4)5)32(49)22-33-45(37,24-56-33)59-27(3)48/h7-21,26,31-33,35-37,39,49-50,55H,22-24H2,1-6H3,(H,47,52)/t26-,31?,32+,33-,35+,36-,37+,39+,44-,45+,46-/m1/s1. The average Bonchev–Trinajstić information content (AvgIpc) is 3.21. The molecule has 1 aliphatic heterocycles. The summed E-state index contributed by atoms with van der Waals surface area (Å²) >= 11 is 0. The minimum Gasteiger partial charge on any atom is -0.456 e. The van der Waals surface area contributed by atoms with Gasteiger partial charge < -0.3 is 39.6 Å². The van der Waals surface area contributed by atoms with Gasteiger partial charge in [-0.05, 0) is 54.8 Å². The summed E-state index contributed by atoms with van der Waals surface area (Å²) in [5.74, 6) is -6.06. The number of ketones is 1. The molecule has 11 atom stereocenters. The first-order valence-electron chi connectivity index (χ1n) is 19.9. The maximum atomic E-state index is 15.2. The van der Waals surface area contributed by atoms with Gasteiger partial charge in [0.1, 0.15) is 29.7 Å². The maximum Gasteiger partial charge on any atom is 0.338 e. The monoisotopic (exact) mass is 809 g/mol. The molecular weight excluding hydrogens is 759 g/mol. The lowest BCUT2D eigenvalue weighted by Crippen LogP contribution is -2.81. The predicted molar refractivity (Wildman–Crippen MR) is 211 cm³/mol. The number of aliphatic hydroxyl groups excluding tert-OH is 2. The van der Waals surface area contributed by atoms with E-state index in [4.69, 9.17) is 18.9 Å². The highest BCUT2D eigenvalue weighted by molar-refractivity contribution is 5.95. The van der Waals surface area contributed by atoms with Gasteiger partial charge in [-0.25, -0.2) is 9.59 Å². The molecule has 4 aliphatic rings. The van der Waals surface area contributed by atoms with Crippen LogP contribution in [-0.2, 0) is 33.3 Å². The average molecular weight is 810 g/mol. The van der Waals surface area contributed by atoms with Crippen molar-refractivity contribution < 1.29 is 58.2 Å². The highest BCUT2D eigenvalue weighted by Gasteiger charge is 2.77. The number of Topliss-reactive ketones (excluding diaryl/α,β-unsaturated/α-hetero) is 1. The van der Waals surface area contributed by atoms with Crippen molar-refractivity contribution in [3.8, 4) is 0 Å². The van der Waals surface area contributed by atoms with E-state index < -0.39 is 106 Å². The zero-order valence-corrected chi connectivity index (χ0v) is 33.9. The Morgan fingerprint density at radius 1 is 0.881 bits per heavy atom. The molecule has 4 N–H and O–H groups in total. The third kappa shape index (κ3) is 6.77. The van der Waals surface area contributed by atoms with Gasteiger partial charge in [-0.1, -0.05) is 87.5 Å². The van der Waals surface area contributed by atoms with Gasteiger partial charge in [-0.3, -0.25) is 14.4 Å². The Morgan fingerprint density at radius 3 is 2.02 bits per heavy atom. The van der Waals surface area contributed by atoms with E-state index in [1.807, 2.05) is 0 Å². The summed E-state index contributed by atoms with van der Waals surface area (Å²) in [6.45, 7) is 9.32. The molecule has 0 radical (unpaired) electrons. The van der Waals surface area contributed by atoms with Crippen LogP contribution in [0.15, 0.2) is 102 Å². The van der Waals surface area contributed by atoms with Gasteiger partial charge in [0.15, 0.2) is 11.7 Å². The van der Waals surface area contributed by atoms with Gasteiger partial charge in [0.25, 0.3) is 5.91 Å². The van der Waals surface area contributed by atoms with Gasteiger partial charge in [0, 0.05) is 36.7 Å². The third-order valence-corrected chi connectivity index (χ3v) is 13.5. The molecule has 3 aromatic rings. The summed E-state index contributed by atoms with van der Waals surface area (Å²) < 4.78 is 24.5. The number of carbonyl (C=O) groups excluding carboxylic acids is 5. The number of nitrogens with one attached hydrogen (secondary N) is 1. The Bertz CT molecular complexity index is 2160. The van der Waals surface area contributed by atoms with Crippen LogP contribution in [0.4, 0.5) is 0 Å². The molecule has 13 heteroatoms. The van der Waals surface area contributed by atoms with Crippen molar-refractivity contribution in [3.63, 3.8) is 0 Å². The largest absolute Gasteiger partial charge is 0.456 e. The van der Waals surface area contributed by atoms with Crippen LogP contribution in [0.5, 0.6) is 0 Å². The quantitative estimate of drug-likeness (QED) is 0.135. The summed E-state index contributed by atoms with van der Waals surface area (Å²) in [6.07, 6.45) is -7.67. The molecule has 2 bridgehead atoms. The Labute approximate surface area is 342 Å². The second-order valence-electron chi connectivity index (χ2n) is 17.1. The highest BCUT2D eigenvalue weighted by Crippen LogP contribution is 2.65. The number of carbonyl (C=O) groups is 5. The van der Waals surface area contributed by atoms with Gasteiger partial charge in [-0.15, -0.1) is 0 Å². The van der Waals surface area contributed by atoms with Crippen LogP contribution in [0.1, 0.15) is 86.7 Å². The summed E-state index contributed by atoms with van der Waals surface area (Å²) in [5, 5.41) is 40.0. The van der Waals surface area contributed by atoms with E-state index in [1.165, 1.54) is 19.1 Å². The zero-order chi connectivity index (χ0) is 42.7. The lowest BCUT2D eigenvalue weighted by molar-refractivity contribution is -0.345. The molecule has 1 amide bonds. The van der Waals surface area contributed by atoms with Crippen LogP contribution in [0.2, 0.25) is 0 Å². The number of hydrogen-bond donors (Lipinski definition) is 4. The van der Waals surface area contributed by atoms with Gasteiger partial charge >= 0.3 is 17.9 Å². The van der Waals surface area contributed by atoms with E-state index in [2.05, 4.69) is 5.32 Å². The molecule has 13 nitrogen and oxygen atoms in total. The third-order valence-electron chi connectivity index (χ3n) is 13.5. The minimum absolute atomic E-state index is 0.0700. The number of esters is 3. The topological polar surface area (TPSA) is 195 Å². The molecule has 3 fully saturated rings. The van der Waals surface area contributed by atoms with Crippen molar-refractivity contribution in [2.45, 2.75) is 102 Å². The minimum atomic E-state index is -2.19. The molecular formula is C46H51NO12. The first-order valence-corrected chi connectivity index (χ1v) is 19.9. The van der Waals surface area contributed by atoms with E-state index in [0.717, 1.165) is 0 Å². The van der Waals surface area contributed by atoms with Gasteiger partial charge in [0.2, 0.25) is 0 Å². The van der Waals surface area contributed by atoms with E-state index in [9.17, 15) is 34.5 Å². The zero-order valence-electron chi connectivity index (χ0n) is 33.9. The first-order chi connectivity index (χ1) is 27.9. The number of ether oxygens (including phenoxy) is 4. The van der Waals surface area contributed by atoms with Crippen LogP contribution in [0.25, 0.3) is 0 Å². The van der Waals surface area contributed by atoms with Crippen molar-refractivity contribution in [2.24, 2.45) is 22.7 Å². The summed E-state index contributed by atoms with van der Waals surface area (Å²) in [6, 6.07) is 23.5. The summed E-state index contributed by atoms with van der Waals surface area (Å²) in [7, 11) is 0. The molecule has 0 aromatic heterocycles. The molecule has 0 spiro atoms. The molecule has 1 unspecified atom stereocenters. The van der Waals surface area contributed by atoms with Crippen molar-refractivity contribution in [1.29, 1.82) is 0 Å². The summed E-state index contributed by atoms with van der Waals surface area (Å²) in [4.78, 5) is 69.9. The SMILES string of the molecule is CC(=O)O[C@@]12CO[C@@H]1C[C@H](O)[C@@]1(C)C(=O)[C@H](C)C3=C(C)C(OC(=O)[C@H](O)[C@@H](NC(=O)c4ccccc4)c4ccccc4)C[C@@](O)([C@@H](OC(=O)c4ccccc4)[C@H]21)C3(C)C. The predicted octanol–water partition coefficient (Wildman–Crippen LogP) is 4.44. The number of hydrogen-bond acceptors (Lipinski definition) is 12. The summed E-state index contributed by atoms with van der Waals surface area (Å²) in [5.41, 5.74) is -5.28. The van der Waals surface area contributed by atoms with E-state index >= 15 is 4.79 Å². The molecule has 7 rings (SSSR count). The number of benzene rings is 3. The second-order valence-corrected chi connectivity index (χ2v) is 17.1. The fourth-order valence-electron chi connectivity index (χ4n) is 10.4. The number of rotatable bonds is 9. The van der Waals surface area contributed by atoms with Crippen LogP contribution in [0, 0.1) is 22.7 Å². The van der Waals surface area contributed by atoms with Crippen molar-refractivity contribution in [2.75, 3.05) is 6.61 Å². The van der Waals surface area contributed by atoms with E-state index in [0.29, 0.717) is 22.3 Å². The highest BCUT2D eigenvalue weighted by atomic mass is 16.6. The van der Waals surface area contributed by atoms with Crippen molar-refractivity contribution >= 4 is 29.6 Å². The number of aliphatic hydroxyl groups is 3. The Kier molecular flexibility index (Phi) is 11.0. The fourth-order valence-corrected chi connectivity index (χ4v) is 10.4. The molecule has 59 heavy (non-hydrogen) atoms. The molecule has 1 saturated heterocycles. The Balaban J connectivity index is 1.34.